The number of urea groups is 1. The van der Waals surface area contributed by atoms with Crippen LogP contribution in [-0.2, 0) is 22.6 Å². The smallest absolute Gasteiger partial charge is 0.334 e. The minimum atomic E-state index is -0.816. The highest BCUT2D eigenvalue weighted by Crippen LogP contribution is 2.28. The molecule has 4 rings (SSSR count). The van der Waals surface area contributed by atoms with Crippen molar-refractivity contribution in [3.05, 3.63) is 65.7 Å². The number of piperazine rings is 1. The SMILES string of the molecule is C#CCN1CC(=O)N2[C@@H](Cc3ccc(O)cc3)C(=O)N(CCCCl)C[C@@H]2N1C(=O)NCc1ccccc1. The molecule has 0 bridgehead atoms. The van der Waals surface area contributed by atoms with Crippen LogP contribution < -0.4 is 5.32 Å². The second-order valence-electron chi connectivity index (χ2n) is 9.01. The molecule has 0 saturated carbocycles. The molecule has 2 heterocycles. The van der Waals surface area contributed by atoms with Gasteiger partial charge < -0.3 is 20.2 Å². The average molecular weight is 524 g/mol. The van der Waals surface area contributed by atoms with Gasteiger partial charge in [0.05, 0.1) is 19.6 Å². The summed E-state index contributed by atoms with van der Waals surface area (Å²) < 4.78 is 0. The van der Waals surface area contributed by atoms with Crippen LogP contribution in [0.3, 0.4) is 0 Å². The number of hydrazine groups is 1. The molecule has 0 unspecified atom stereocenters. The molecule has 0 radical (unpaired) electrons. The van der Waals surface area contributed by atoms with E-state index in [0.717, 1.165) is 11.1 Å². The van der Waals surface area contributed by atoms with Gasteiger partial charge in [0.15, 0.2) is 0 Å². The second kappa shape index (κ2) is 12.0. The van der Waals surface area contributed by atoms with Crippen LogP contribution in [0.5, 0.6) is 5.75 Å². The Bertz CT molecular complexity index is 1150. The minimum absolute atomic E-state index is 0.0626. The number of nitrogens with zero attached hydrogens (tertiary/aromatic N) is 4. The lowest BCUT2D eigenvalue weighted by molar-refractivity contribution is -0.188. The van der Waals surface area contributed by atoms with E-state index in [1.165, 1.54) is 9.91 Å². The lowest BCUT2D eigenvalue weighted by atomic mass is 9.98. The quantitative estimate of drug-likeness (QED) is 0.407. The third-order valence-electron chi connectivity index (χ3n) is 6.53. The number of benzene rings is 2. The van der Waals surface area contributed by atoms with Crippen molar-refractivity contribution in [1.82, 2.24) is 25.1 Å². The standard InChI is InChI=1S/C27H30ClN5O4/c1-2-14-31-19-25(35)32-23(16-20-9-11-22(34)12-10-20)26(36)30(15-6-13-28)18-24(32)33(31)27(37)29-17-21-7-4-3-5-8-21/h1,3-5,7-12,23-24,34H,6,13-19H2,(H,29,37)/t23-,24-/m0/s1. The van der Waals surface area contributed by atoms with Gasteiger partial charge in [0.2, 0.25) is 11.8 Å². The van der Waals surface area contributed by atoms with Gasteiger partial charge in [-0.05, 0) is 29.7 Å². The number of fused-ring (bicyclic) bond motifs is 1. The first kappa shape index (κ1) is 26.3. The number of phenols is 1. The van der Waals surface area contributed by atoms with E-state index < -0.39 is 18.2 Å². The Kier molecular flexibility index (Phi) is 8.54. The van der Waals surface area contributed by atoms with Crippen LogP contribution in [0.4, 0.5) is 4.79 Å². The Hall–Kier alpha value is -3.74. The van der Waals surface area contributed by atoms with Gasteiger partial charge in [0, 0.05) is 25.4 Å². The normalized spacial score (nSPS) is 19.9. The number of rotatable bonds is 8. The lowest BCUT2D eigenvalue weighted by Crippen LogP contribution is -2.76. The van der Waals surface area contributed by atoms with Crippen LogP contribution in [-0.4, -0.2) is 87.0 Å². The topological polar surface area (TPSA) is 96.4 Å². The van der Waals surface area contributed by atoms with Crippen LogP contribution in [0, 0.1) is 12.3 Å². The van der Waals surface area contributed by atoms with Crippen LogP contribution in [0.2, 0.25) is 0 Å². The van der Waals surface area contributed by atoms with Gasteiger partial charge in [-0.1, -0.05) is 48.4 Å². The van der Waals surface area contributed by atoms with Crippen LogP contribution in [0.1, 0.15) is 17.5 Å². The molecule has 0 spiro atoms. The summed E-state index contributed by atoms with van der Waals surface area (Å²) in [6.07, 6.45) is 5.67. The van der Waals surface area contributed by atoms with Gasteiger partial charge in [0.1, 0.15) is 18.0 Å². The van der Waals surface area contributed by atoms with Gasteiger partial charge >= 0.3 is 6.03 Å². The molecule has 2 aliphatic rings. The Morgan fingerprint density at radius 3 is 2.51 bits per heavy atom. The van der Waals surface area contributed by atoms with Crippen molar-refractivity contribution in [3.63, 3.8) is 0 Å². The van der Waals surface area contributed by atoms with E-state index in [4.69, 9.17) is 18.0 Å². The lowest BCUT2D eigenvalue weighted by Gasteiger charge is -2.55. The maximum atomic E-state index is 13.6. The molecule has 2 aromatic rings. The predicted octanol–water partition coefficient (Wildman–Crippen LogP) is 2.00. The van der Waals surface area contributed by atoms with E-state index in [-0.39, 0.29) is 43.6 Å². The fourth-order valence-electron chi connectivity index (χ4n) is 4.80. The fourth-order valence-corrected chi connectivity index (χ4v) is 4.92. The number of terminal acetylenes is 1. The first-order valence-electron chi connectivity index (χ1n) is 12.2. The second-order valence-corrected chi connectivity index (χ2v) is 9.39. The summed E-state index contributed by atoms with van der Waals surface area (Å²) in [5, 5.41) is 15.6. The Morgan fingerprint density at radius 1 is 1.11 bits per heavy atom. The van der Waals surface area contributed by atoms with E-state index in [0.29, 0.717) is 25.4 Å². The van der Waals surface area contributed by atoms with E-state index in [1.807, 2.05) is 30.3 Å². The first-order chi connectivity index (χ1) is 17.9. The Balaban J connectivity index is 1.65. The summed E-state index contributed by atoms with van der Waals surface area (Å²) in [6, 6.07) is 14.8. The number of halogens is 1. The third kappa shape index (κ3) is 5.98. The number of hydrogen-bond donors (Lipinski definition) is 2. The molecule has 2 atom stereocenters. The summed E-state index contributed by atoms with van der Waals surface area (Å²) in [4.78, 5) is 43.7. The average Bonchev–Trinajstić information content (AvgIpc) is 2.90. The molecule has 10 heteroatoms. The predicted molar refractivity (Wildman–Crippen MR) is 139 cm³/mol. The molecule has 4 amide bonds. The molecule has 2 aromatic carbocycles. The van der Waals surface area contributed by atoms with Crippen LogP contribution in [0.25, 0.3) is 0 Å². The zero-order valence-corrected chi connectivity index (χ0v) is 21.2. The first-order valence-corrected chi connectivity index (χ1v) is 12.7. The van der Waals surface area contributed by atoms with Crippen molar-refractivity contribution in [1.29, 1.82) is 0 Å². The maximum absolute atomic E-state index is 13.6. The van der Waals surface area contributed by atoms with Crippen molar-refractivity contribution in [2.24, 2.45) is 0 Å². The van der Waals surface area contributed by atoms with E-state index in [2.05, 4.69) is 11.2 Å². The van der Waals surface area contributed by atoms with E-state index in [1.54, 1.807) is 34.2 Å². The molecule has 2 N–H and O–H groups in total. The van der Waals surface area contributed by atoms with E-state index in [9.17, 15) is 19.5 Å². The van der Waals surface area contributed by atoms with Gasteiger partial charge in [-0.2, -0.15) is 5.01 Å². The van der Waals surface area contributed by atoms with Gasteiger partial charge in [0.25, 0.3) is 0 Å². The number of carbonyl (C=O) groups is 3. The highest BCUT2D eigenvalue weighted by atomic mass is 35.5. The molecule has 0 aliphatic carbocycles. The molecule has 2 fully saturated rings. The number of nitrogens with one attached hydrogen (secondary N) is 1. The van der Waals surface area contributed by atoms with Crippen LogP contribution in [0.15, 0.2) is 54.6 Å². The number of alkyl halides is 1. The molecule has 2 saturated heterocycles. The molecule has 194 valence electrons. The van der Waals surface area contributed by atoms with Crippen molar-refractivity contribution in [2.45, 2.75) is 31.6 Å². The zero-order valence-electron chi connectivity index (χ0n) is 20.4. The fraction of sp³-hybridized carbons (Fsp3) is 0.370. The highest BCUT2D eigenvalue weighted by molar-refractivity contribution is 6.17. The zero-order chi connectivity index (χ0) is 26.4. The summed E-state index contributed by atoms with van der Waals surface area (Å²) in [7, 11) is 0. The summed E-state index contributed by atoms with van der Waals surface area (Å²) in [5.41, 5.74) is 1.71. The molecular formula is C27H30ClN5O4. The summed E-state index contributed by atoms with van der Waals surface area (Å²) in [6.45, 7) is 0.787. The van der Waals surface area contributed by atoms with Crippen LogP contribution >= 0.6 is 11.6 Å². The monoisotopic (exact) mass is 523 g/mol. The minimum Gasteiger partial charge on any atom is -0.508 e. The molecule has 9 nitrogen and oxygen atoms in total. The largest absolute Gasteiger partial charge is 0.508 e. The maximum Gasteiger partial charge on any atom is 0.334 e. The van der Waals surface area contributed by atoms with Gasteiger partial charge in [-0.3, -0.25) is 9.59 Å². The number of amides is 4. The third-order valence-corrected chi connectivity index (χ3v) is 6.79. The van der Waals surface area contributed by atoms with Crippen molar-refractivity contribution in [2.75, 3.05) is 32.1 Å². The molecule has 2 aliphatic heterocycles. The summed E-state index contributed by atoms with van der Waals surface area (Å²) in [5.74, 6) is 2.55. The Morgan fingerprint density at radius 2 is 1.84 bits per heavy atom. The van der Waals surface area contributed by atoms with Gasteiger partial charge in [-0.25, -0.2) is 9.80 Å². The van der Waals surface area contributed by atoms with Crippen molar-refractivity contribution < 1.29 is 19.5 Å². The van der Waals surface area contributed by atoms with E-state index >= 15 is 0 Å². The number of phenolic OH excluding ortho intramolecular Hbond substituents is 1. The number of hydrogen-bond acceptors (Lipinski definition) is 5. The summed E-state index contributed by atoms with van der Waals surface area (Å²) >= 11 is 5.92. The molecule has 37 heavy (non-hydrogen) atoms. The number of carbonyl (C=O) groups excluding carboxylic acids is 3. The Labute approximate surface area is 221 Å². The van der Waals surface area contributed by atoms with Crippen molar-refractivity contribution >= 4 is 29.4 Å². The molecular weight excluding hydrogens is 494 g/mol. The number of aromatic hydroxyl groups is 1. The highest BCUT2D eigenvalue weighted by Gasteiger charge is 2.51. The molecule has 0 aromatic heterocycles. The van der Waals surface area contributed by atoms with Gasteiger partial charge in [-0.15, -0.1) is 18.0 Å². The van der Waals surface area contributed by atoms with Crippen molar-refractivity contribution in [3.8, 4) is 18.1 Å².